The monoisotopic (exact) mass is 496 g/mol. The molecular weight excluding hydrogens is 471 g/mol. The first-order valence-corrected chi connectivity index (χ1v) is 13.1. The lowest BCUT2D eigenvalue weighted by molar-refractivity contribution is -0.111. The molecule has 35 heavy (non-hydrogen) atoms. The lowest BCUT2D eigenvalue weighted by Crippen LogP contribution is -2.37. The molecular formula is C26H25FN2O5S. The van der Waals surface area contributed by atoms with Crippen LogP contribution in [-0.4, -0.2) is 55.3 Å². The lowest BCUT2D eigenvalue weighted by Gasteiger charge is -2.25. The summed E-state index contributed by atoms with van der Waals surface area (Å²) in [6, 6.07) is 10.9. The van der Waals surface area contributed by atoms with E-state index in [4.69, 9.17) is 4.74 Å². The summed E-state index contributed by atoms with van der Waals surface area (Å²) in [5, 5.41) is 2.68. The zero-order valence-corrected chi connectivity index (χ0v) is 20.4. The van der Waals surface area contributed by atoms with E-state index in [2.05, 4.69) is 5.32 Å². The second-order valence-corrected chi connectivity index (χ2v) is 11.8. The Morgan fingerprint density at radius 1 is 1.17 bits per heavy atom. The van der Waals surface area contributed by atoms with Gasteiger partial charge in [0, 0.05) is 29.8 Å². The van der Waals surface area contributed by atoms with Crippen LogP contribution < -0.4 is 5.32 Å². The van der Waals surface area contributed by atoms with Gasteiger partial charge < -0.3 is 15.0 Å². The number of amides is 2. The van der Waals surface area contributed by atoms with Crippen molar-refractivity contribution in [3.05, 3.63) is 76.8 Å². The number of hydrogen-bond acceptors (Lipinski definition) is 5. The Kier molecular flexibility index (Phi) is 5.36. The zero-order valence-electron chi connectivity index (χ0n) is 19.6. The summed E-state index contributed by atoms with van der Waals surface area (Å²) in [6.07, 6.45) is 2.25. The second-order valence-electron chi connectivity index (χ2n) is 9.60. The summed E-state index contributed by atoms with van der Waals surface area (Å²) >= 11 is 0. The minimum Gasteiger partial charge on any atom is -0.482 e. The van der Waals surface area contributed by atoms with Crippen LogP contribution in [0.2, 0.25) is 0 Å². The maximum Gasteiger partial charge on any atom is 0.260 e. The number of carbonyl (C=O) groups is 2. The van der Waals surface area contributed by atoms with Gasteiger partial charge in [-0.3, -0.25) is 9.59 Å². The zero-order chi connectivity index (χ0) is 25.1. The first-order chi connectivity index (χ1) is 16.4. The average Bonchev–Trinajstić information content (AvgIpc) is 3.43. The van der Waals surface area contributed by atoms with Crippen molar-refractivity contribution in [1.82, 2.24) is 4.90 Å². The van der Waals surface area contributed by atoms with Crippen LogP contribution in [0.5, 0.6) is 0 Å². The Labute approximate surface area is 203 Å². The van der Waals surface area contributed by atoms with Gasteiger partial charge in [0.15, 0.2) is 9.84 Å². The van der Waals surface area contributed by atoms with Gasteiger partial charge in [0.25, 0.3) is 11.8 Å². The first-order valence-electron chi connectivity index (χ1n) is 11.3. The third-order valence-corrected chi connectivity index (χ3v) is 8.53. The Hall–Kier alpha value is -3.46. The van der Waals surface area contributed by atoms with Gasteiger partial charge in [0.05, 0.1) is 22.8 Å². The number of nitrogens with one attached hydrogen (secondary N) is 1. The number of benzene rings is 2. The van der Waals surface area contributed by atoms with Gasteiger partial charge in [-0.05, 0) is 62.2 Å². The molecule has 1 atom stereocenters. The van der Waals surface area contributed by atoms with Crippen LogP contribution in [0.3, 0.4) is 0 Å². The highest BCUT2D eigenvalue weighted by Crippen LogP contribution is 2.44. The predicted molar refractivity (Wildman–Crippen MR) is 131 cm³/mol. The van der Waals surface area contributed by atoms with Gasteiger partial charge in [0.2, 0.25) is 0 Å². The highest BCUT2D eigenvalue weighted by atomic mass is 32.2. The maximum atomic E-state index is 13.6. The molecule has 0 aromatic heterocycles. The molecule has 0 radical (unpaired) electrons. The number of sulfone groups is 1. The molecule has 9 heteroatoms. The molecule has 1 fully saturated rings. The first kappa shape index (κ1) is 23.3. The van der Waals surface area contributed by atoms with Crippen molar-refractivity contribution >= 4 is 38.5 Å². The number of carbonyl (C=O) groups excluding carboxylic acids is 2. The topological polar surface area (TPSA) is 92.8 Å². The SMILES string of the molecule is CN(C(=O)c1ccc(C2=CC(=C3C(=O)Nc4cc(F)ccc43)OC2(C)C)cc1)C1CCS(=O)(=O)C1. The molecule has 0 saturated carbocycles. The molecule has 3 aliphatic rings. The van der Waals surface area contributed by atoms with Crippen molar-refractivity contribution in [2.75, 3.05) is 23.9 Å². The number of allylic oxidation sites excluding steroid dienone is 1. The molecule has 1 N–H and O–H groups in total. The summed E-state index contributed by atoms with van der Waals surface area (Å²) in [4.78, 5) is 27.1. The summed E-state index contributed by atoms with van der Waals surface area (Å²) in [6.45, 7) is 3.77. The fraction of sp³-hybridized carbons (Fsp3) is 0.308. The molecule has 0 bridgehead atoms. The van der Waals surface area contributed by atoms with Crippen LogP contribution >= 0.6 is 0 Å². The van der Waals surface area contributed by atoms with Crippen LogP contribution in [0.25, 0.3) is 11.1 Å². The summed E-state index contributed by atoms with van der Waals surface area (Å²) in [7, 11) is -1.46. The number of fused-ring (bicyclic) bond motifs is 1. The van der Waals surface area contributed by atoms with Crippen molar-refractivity contribution in [2.24, 2.45) is 0 Å². The molecule has 1 saturated heterocycles. The highest BCUT2D eigenvalue weighted by Gasteiger charge is 2.38. The Balaban J connectivity index is 1.43. The van der Waals surface area contributed by atoms with E-state index in [0.29, 0.717) is 34.6 Å². The molecule has 182 valence electrons. The number of anilines is 1. The molecule has 2 aromatic rings. The van der Waals surface area contributed by atoms with Gasteiger partial charge in [0.1, 0.15) is 17.2 Å². The van der Waals surface area contributed by atoms with Gasteiger partial charge >= 0.3 is 0 Å². The molecule has 2 aromatic carbocycles. The van der Waals surface area contributed by atoms with Crippen LogP contribution in [0.15, 0.2) is 54.3 Å². The van der Waals surface area contributed by atoms with Gasteiger partial charge in [-0.15, -0.1) is 0 Å². The number of halogens is 1. The quantitative estimate of drug-likeness (QED) is 0.655. The molecule has 0 spiro atoms. The third kappa shape index (κ3) is 4.14. The van der Waals surface area contributed by atoms with E-state index >= 15 is 0 Å². The Morgan fingerprint density at radius 3 is 2.54 bits per heavy atom. The van der Waals surface area contributed by atoms with Crippen LogP contribution in [0, 0.1) is 5.82 Å². The van der Waals surface area contributed by atoms with Crippen molar-refractivity contribution in [1.29, 1.82) is 0 Å². The largest absolute Gasteiger partial charge is 0.482 e. The average molecular weight is 497 g/mol. The molecule has 7 nitrogen and oxygen atoms in total. The second kappa shape index (κ2) is 8.05. The molecule has 0 aliphatic carbocycles. The summed E-state index contributed by atoms with van der Waals surface area (Å²) < 4.78 is 43.3. The van der Waals surface area contributed by atoms with E-state index in [9.17, 15) is 22.4 Å². The van der Waals surface area contributed by atoms with Crippen LogP contribution in [-0.2, 0) is 19.4 Å². The number of rotatable bonds is 3. The van der Waals surface area contributed by atoms with E-state index in [1.807, 2.05) is 26.0 Å². The summed E-state index contributed by atoms with van der Waals surface area (Å²) in [5.74, 6) is -0.529. The van der Waals surface area contributed by atoms with E-state index in [0.717, 1.165) is 11.1 Å². The fourth-order valence-electron chi connectivity index (χ4n) is 4.85. The highest BCUT2D eigenvalue weighted by molar-refractivity contribution is 7.91. The minimum atomic E-state index is -3.09. The van der Waals surface area contributed by atoms with E-state index in [1.54, 1.807) is 31.3 Å². The van der Waals surface area contributed by atoms with E-state index < -0.39 is 21.3 Å². The van der Waals surface area contributed by atoms with Crippen molar-refractivity contribution in [3.63, 3.8) is 0 Å². The maximum absolute atomic E-state index is 13.6. The minimum absolute atomic E-state index is 0.00741. The van der Waals surface area contributed by atoms with Gasteiger partial charge in [-0.2, -0.15) is 0 Å². The number of ether oxygens (including phenoxy) is 1. The van der Waals surface area contributed by atoms with Crippen LogP contribution in [0.4, 0.5) is 10.1 Å². The number of hydrogen-bond donors (Lipinski definition) is 1. The van der Waals surface area contributed by atoms with Gasteiger partial charge in [-0.1, -0.05) is 12.1 Å². The molecule has 2 amide bonds. The van der Waals surface area contributed by atoms with Crippen LogP contribution in [0.1, 0.15) is 41.8 Å². The van der Waals surface area contributed by atoms with Crippen molar-refractivity contribution in [2.45, 2.75) is 31.9 Å². The molecule has 1 unspecified atom stereocenters. The molecule has 3 heterocycles. The Morgan fingerprint density at radius 2 is 1.89 bits per heavy atom. The standard InChI is InChI=1S/C26H25FN2O5S/c1-26(2)20(13-22(34-26)23-19-9-8-17(27)12-21(19)28-24(23)30)15-4-6-16(7-5-15)25(31)29(3)18-10-11-35(32,33)14-18/h4-9,12-13,18H,10-11,14H2,1-3H3,(H,28,30). The van der Waals surface area contributed by atoms with E-state index in [1.165, 1.54) is 17.0 Å². The smallest absolute Gasteiger partial charge is 0.260 e. The van der Waals surface area contributed by atoms with E-state index in [-0.39, 0.29) is 29.4 Å². The van der Waals surface area contributed by atoms with Gasteiger partial charge in [-0.25, -0.2) is 12.8 Å². The van der Waals surface area contributed by atoms with Crippen molar-refractivity contribution < 1.29 is 27.1 Å². The molecule has 3 aliphatic heterocycles. The Bertz CT molecular complexity index is 1420. The number of nitrogens with zero attached hydrogens (tertiary/aromatic N) is 1. The lowest BCUT2D eigenvalue weighted by atomic mass is 9.91. The molecule has 5 rings (SSSR count). The fourth-order valence-corrected chi connectivity index (χ4v) is 6.63. The predicted octanol–water partition coefficient (Wildman–Crippen LogP) is 3.64. The third-order valence-electron chi connectivity index (χ3n) is 6.78. The normalized spacial score (nSPS) is 23.9. The summed E-state index contributed by atoms with van der Waals surface area (Å²) in [5.41, 5.74) is 2.71. The van der Waals surface area contributed by atoms with Crippen molar-refractivity contribution in [3.8, 4) is 0 Å².